The first kappa shape index (κ1) is 27.3. The van der Waals surface area contributed by atoms with Crippen LogP contribution >= 0.6 is 0 Å². The minimum Gasteiger partial charge on any atom is -0.503 e. The fourth-order valence-electron chi connectivity index (χ4n) is 4.18. The van der Waals surface area contributed by atoms with Crippen molar-refractivity contribution < 1.29 is 33.6 Å². The lowest BCUT2D eigenvalue weighted by atomic mass is 10.0. The molecular weight excluding hydrogens is 464 g/mol. The molecule has 36 heavy (non-hydrogen) atoms. The smallest absolute Gasteiger partial charge is 0.329 e. The van der Waals surface area contributed by atoms with Crippen molar-refractivity contribution in [3.63, 3.8) is 0 Å². The van der Waals surface area contributed by atoms with Crippen molar-refractivity contribution in [2.45, 2.75) is 76.7 Å². The molecule has 9 heteroatoms. The van der Waals surface area contributed by atoms with Crippen LogP contribution in [0.4, 0.5) is 0 Å². The quantitative estimate of drug-likeness (QED) is 0.371. The summed E-state index contributed by atoms with van der Waals surface area (Å²) in [6.07, 6.45) is 4.48. The molecule has 0 aliphatic carbocycles. The number of carbonyl (C=O) groups is 2. The number of unbranched alkanes of at least 4 members (excludes halogenated alkanes) is 2. The van der Waals surface area contributed by atoms with Gasteiger partial charge < -0.3 is 29.4 Å². The molecule has 0 radical (unpaired) electrons. The Balaban J connectivity index is 1.75. The zero-order valence-corrected chi connectivity index (χ0v) is 21.1. The first-order valence-corrected chi connectivity index (χ1v) is 12.5. The third-order valence-electron chi connectivity index (χ3n) is 6.11. The number of nitrogens with one attached hydrogen (secondary N) is 1. The second-order valence-corrected chi connectivity index (χ2v) is 8.82. The Morgan fingerprint density at radius 3 is 2.69 bits per heavy atom. The van der Waals surface area contributed by atoms with Crippen LogP contribution < -0.4 is 14.8 Å². The maximum Gasteiger partial charge on any atom is 0.329 e. The van der Waals surface area contributed by atoms with E-state index in [1.807, 2.05) is 30.3 Å². The molecule has 1 aromatic heterocycles. The van der Waals surface area contributed by atoms with Gasteiger partial charge in [-0.05, 0) is 44.7 Å². The van der Waals surface area contributed by atoms with Crippen LogP contribution in [0.5, 0.6) is 17.2 Å². The van der Waals surface area contributed by atoms with Gasteiger partial charge in [0.1, 0.15) is 30.1 Å². The summed E-state index contributed by atoms with van der Waals surface area (Å²) in [7, 11) is 1.38. The number of benzene rings is 1. The van der Waals surface area contributed by atoms with Gasteiger partial charge in [-0.15, -0.1) is 0 Å². The van der Waals surface area contributed by atoms with Crippen molar-refractivity contribution >= 4 is 11.9 Å². The first-order chi connectivity index (χ1) is 17.4. The second kappa shape index (κ2) is 13.7. The van der Waals surface area contributed by atoms with Gasteiger partial charge in [-0.3, -0.25) is 4.79 Å². The van der Waals surface area contributed by atoms with Crippen molar-refractivity contribution in [2.75, 3.05) is 13.7 Å². The lowest BCUT2D eigenvalue weighted by Gasteiger charge is -2.31. The molecule has 4 unspecified atom stereocenters. The molecule has 196 valence electrons. The molecule has 3 rings (SSSR count). The number of rotatable bonds is 10. The summed E-state index contributed by atoms with van der Waals surface area (Å²) in [4.78, 5) is 29.8. The van der Waals surface area contributed by atoms with Crippen molar-refractivity contribution in [3.8, 4) is 17.2 Å². The molecule has 2 heterocycles. The van der Waals surface area contributed by atoms with Gasteiger partial charge in [-0.25, -0.2) is 9.78 Å². The van der Waals surface area contributed by atoms with Gasteiger partial charge in [0.25, 0.3) is 5.91 Å². The molecule has 1 aliphatic heterocycles. The first-order valence-electron chi connectivity index (χ1n) is 12.5. The summed E-state index contributed by atoms with van der Waals surface area (Å²) in [5.41, 5.74) is -0.225. The topological polar surface area (TPSA) is 116 Å². The number of nitrogens with zero attached hydrogens (tertiary/aromatic N) is 1. The average molecular weight is 501 g/mol. The van der Waals surface area contributed by atoms with Crippen molar-refractivity contribution in [2.24, 2.45) is 0 Å². The van der Waals surface area contributed by atoms with E-state index < -0.39 is 30.1 Å². The van der Waals surface area contributed by atoms with Gasteiger partial charge in [0.2, 0.25) is 0 Å². The van der Waals surface area contributed by atoms with E-state index in [-0.39, 0.29) is 23.3 Å². The molecule has 4 atom stereocenters. The number of carbonyl (C=O) groups excluding carboxylic acids is 2. The average Bonchev–Trinajstić information content (AvgIpc) is 2.92. The monoisotopic (exact) mass is 500 g/mol. The highest BCUT2D eigenvalue weighted by molar-refractivity contribution is 5.97. The summed E-state index contributed by atoms with van der Waals surface area (Å²) >= 11 is 0. The van der Waals surface area contributed by atoms with Gasteiger partial charge in [0.15, 0.2) is 17.2 Å². The summed E-state index contributed by atoms with van der Waals surface area (Å²) in [6, 6.07) is 10.0. The molecule has 0 saturated carbocycles. The van der Waals surface area contributed by atoms with Crippen molar-refractivity contribution in [3.05, 3.63) is 48.3 Å². The van der Waals surface area contributed by atoms with Gasteiger partial charge in [-0.1, -0.05) is 38.0 Å². The standard InChI is InChI=1S/C27H36N2O7/c1-4-5-9-17-34-25-18(2)35-27(32)20(13-10-14-22(25)36-19-11-7-6-8-12-19)29-26(31)23-24(30)21(33-3)15-16-28-23/h6-8,11-12,15-16,18,20,22,25,30H,4-5,9-10,13-14,17H2,1-3H3,(H,29,31). The lowest BCUT2D eigenvalue weighted by Crippen LogP contribution is -2.46. The van der Waals surface area contributed by atoms with Crippen molar-refractivity contribution in [1.82, 2.24) is 10.3 Å². The van der Waals surface area contributed by atoms with Gasteiger partial charge in [0.05, 0.1) is 7.11 Å². The van der Waals surface area contributed by atoms with E-state index in [0.717, 1.165) is 19.3 Å². The highest BCUT2D eigenvalue weighted by atomic mass is 16.6. The molecule has 1 aromatic carbocycles. The predicted octanol–water partition coefficient (Wildman–Crippen LogP) is 4.03. The number of aromatic nitrogens is 1. The normalized spacial score (nSPS) is 22.5. The Labute approximate surface area is 212 Å². The Kier molecular flexibility index (Phi) is 10.4. The number of hydrogen-bond acceptors (Lipinski definition) is 8. The minimum absolute atomic E-state index is 0.116. The number of methoxy groups -OCH3 is 1. The van der Waals surface area contributed by atoms with Crippen LogP contribution in [0.25, 0.3) is 0 Å². The van der Waals surface area contributed by atoms with E-state index in [0.29, 0.717) is 31.6 Å². The van der Waals surface area contributed by atoms with E-state index in [1.54, 1.807) is 6.92 Å². The Hall–Kier alpha value is -3.33. The number of amides is 1. The molecule has 0 bridgehead atoms. The number of esters is 1. The molecule has 1 amide bonds. The van der Waals surface area contributed by atoms with Crippen molar-refractivity contribution in [1.29, 1.82) is 0 Å². The largest absolute Gasteiger partial charge is 0.503 e. The molecule has 1 saturated heterocycles. The number of para-hydroxylation sites is 1. The summed E-state index contributed by atoms with van der Waals surface area (Å²) in [6.45, 7) is 4.44. The number of aromatic hydroxyl groups is 1. The fourth-order valence-corrected chi connectivity index (χ4v) is 4.18. The predicted molar refractivity (Wildman–Crippen MR) is 133 cm³/mol. The SMILES string of the molecule is CCCCCOC1C(C)OC(=O)C(NC(=O)c2nccc(OC)c2O)CCCC1Oc1ccccc1. The van der Waals surface area contributed by atoms with E-state index in [2.05, 4.69) is 17.2 Å². The van der Waals surface area contributed by atoms with E-state index in [9.17, 15) is 14.7 Å². The van der Waals surface area contributed by atoms with Crippen LogP contribution in [0.2, 0.25) is 0 Å². The van der Waals surface area contributed by atoms with Crippen LogP contribution in [0.15, 0.2) is 42.6 Å². The van der Waals surface area contributed by atoms with Gasteiger partial charge in [0, 0.05) is 18.9 Å². The van der Waals surface area contributed by atoms with Gasteiger partial charge >= 0.3 is 5.97 Å². The number of cyclic esters (lactones) is 1. The number of ether oxygens (including phenoxy) is 4. The van der Waals surface area contributed by atoms with E-state index >= 15 is 0 Å². The summed E-state index contributed by atoms with van der Waals surface area (Å²) in [5, 5.41) is 12.9. The molecule has 0 spiro atoms. The van der Waals surface area contributed by atoms with Crippen LogP contribution in [-0.4, -0.2) is 60.0 Å². The Bertz CT molecular complexity index is 985. The molecular formula is C27H36N2O7. The zero-order chi connectivity index (χ0) is 25.9. The molecule has 1 aliphatic rings. The Morgan fingerprint density at radius 2 is 1.97 bits per heavy atom. The molecule has 9 nitrogen and oxygen atoms in total. The van der Waals surface area contributed by atoms with E-state index in [4.69, 9.17) is 18.9 Å². The third kappa shape index (κ3) is 7.34. The van der Waals surface area contributed by atoms with E-state index in [1.165, 1.54) is 19.4 Å². The van der Waals surface area contributed by atoms with Crippen LogP contribution in [0.3, 0.4) is 0 Å². The second-order valence-electron chi connectivity index (χ2n) is 8.82. The summed E-state index contributed by atoms with van der Waals surface area (Å²) < 4.78 is 23.3. The highest BCUT2D eigenvalue weighted by Crippen LogP contribution is 2.28. The third-order valence-corrected chi connectivity index (χ3v) is 6.11. The number of hydrogen-bond donors (Lipinski definition) is 2. The molecule has 2 aromatic rings. The van der Waals surface area contributed by atoms with Crippen LogP contribution in [0, 0.1) is 0 Å². The van der Waals surface area contributed by atoms with Gasteiger partial charge in [-0.2, -0.15) is 0 Å². The molecule has 2 N–H and O–H groups in total. The zero-order valence-electron chi connectivity index (χ0n) is 21.1. The minimum atomic E-state index is -0.913. The molecule has 1 fully saturated rings. The fraction of sp³-hybridized carbons (Fsp3) is 0.519. The maximum absolute atomic E-state index is 13.1. The van der Waals surface area contributed by atoms with Crippen LogP contribution in [-0.2, 0) is 14.3 Å². The number of pyridine rings is 1. The lowest BCUT2D eigenvalue weighted by molar-refractivity contribution is -0.163. The Morgan fingerprint density at radius 1 is 1.19 bits per heavy atom. The summed E-state index contributed by atoms with van der Waals surface area (Å²) in [5.74, 6) is -0.818. The highest BCUT2D eigenvalue weighted by Gasteiger charge is 2.36. The van der Waals surface area contributed by atoms with Crippen LogP contribution in [0.1, 0.15) is 62.9 Å². The maximum atomic E-state index is 13.1.